The third kappa shape index (κ3) is 4.21. The van der Waals surface area contributed by atoms with Crippen LogP contribution in [0.4, 0.5) is 0 Å². The largest absolute Gasteiger partial charge is 0.493 e. The van der Waals surface area contributed by atoms with E-state index in [0.29, 0.717) is 21.3 Å². The number of ether oxygens (including phenoxy) is 1. The number of methoxy groups -OCH3 is 1. The summed E-state index contributed by atoms with van der Waals surface area (Å²) in [5.41, 5.74) is 0.665. The van der Waals surface area contributed by atoms with E-state index in [0.717, 1.165) is 0 Å². The van der Waals surface area contributed by atoms with Gasteiger partial charge in [0.1, 0.15) is 9.22 Å². The predicted molar refractivity (Wildman–Crippen MR) is 113 cm³/mol. The molecule has 1 saturated heterocycles. The van der Waals surface area contributed by atoms with E-state index in [4.69, 9.17) is 21.1 Å². The summed E-state index contributed by atoms with van der Waals surface area (Å²) in [7, 11) is -2.57. The maximum Gasteiger partial charge on any atom is 0.339 e. The first-order valence-corrected chi connectivity index (χ1v) is 10.9. The number of thiocarbonyl (C=S) groups is 1. The van der Waals surface area contributed by atoms with Crippen LogP contribution in [0.25, 0.3) is 6.08 Å². The highest BCUT2D eigenvalue weighted by Gasteiger charge is 2.30. The van der Waals surface area contributed by atoms with Gasteiger partial charge in [0.25, 0.3) is 5.91 Å². The molecular formula is C19H17NO5S3. The fraction of sp³-hybridized carbons (Fsp3) is 0.158. The molecule has 0 spiro atoms. The van der Waals surface area contributed by atoms with Gasteiger partial charge >= 0.3 is 10.1 Å². The van der Waals surface area contributed by atoms with E-state index in [1.54, 1.807) is 36.4 Å². The van der Waals surface area contributed by atoms with Gasteiger partial charge in [-0.2, -0.15) is 8.42 Å². The highest BCUT2D eigenvalue weighted by molar-refractivity contribution is 8.26. The molecule has 0 N–H and O–H groups in total. The molecule has 9 heteroatoms. The third-order valence-corrected chi connectivity index (χ3v) is 6.53. The van der Waals surface area contributed by atoms with Crippen molar-refractivity contribution in [2.75, 3.05) is 13.7 Å². The number of amides is 1. The van der Waals surface area contributed by atoms with Crippen molar-refractivity contribution >= 4 is 50.4 Å². The van der Waals surface area contributed by atoms with Gasteiger partial charge in [0.2, 0.25) is 0 Å². The van der Waals surface area contributed by atoms with Crippen LogP contribution in [-0.4, -0.2) is 37.2 Å². The summed E-state index contributed by atoms with van der Waals surface area (Å²) < 4.78 is 35.9. The molecule has 1 fully saturated rings. The minimum Gasteiger partial charge on any atom is -0.493 e. The van der Waals surface area contributed by atoms with Gasteiger partial charge in [0.05, 0.1) is 12.0 Å². The molecule has 0 unspecified atom stereocenters. The zero-order chi connectivity index (χ0) is 20.3. The van der Waals surface area contributed by atoms with E-state index in [9.17, 15) is 13.2 Å². The first-order chi connectivity index (χ1) is 13.4. The monoisotopic (exact) mass is 435 g/mol. The number of hydrogen-bond acceptors (Lipinski definition) is 7. The summed E-state index contributed by atoms with van der Waals surface area (Å²) in [5.74, 6) is 0.146. The summed E-state index contributed by atoms with van der Waals surface area (Å²) in [6.07, 6.45) is 1.69. The van der Waals surface area contributed by atoms with Gasteiger partial charge < -0.3 is 8.92 Å². The Bertz CT molecular complexity index is 1050. The number of rotatable bonds is 6. The van der Waals surface area contributed by atoms with Crippen molar-refractivity contribution in [1.29, 1.82) is 0 Å². The SMILES string of the molecule is CCN1C(=O)C(=Cc2ccc(OS(=O)(=O)c3ccccc3)c(OC)c2)SC1=S. The van der Waals surface area contributed by atoms with Crippen molar-refractivity contribution in [3.63, 3.8) is 0 Å². The lowest BCUT2D eigenvalue weighted by Gasteiger charge is -2.11. The molecule has 28 heavy (non-hydrogen) atoms. The average molecular weight is 436 g/mol. The van der Waals surface area contributed by atoms with Gasteiger partial charge in [-0.1, -0.05) is 48.2 Å². The van der Waals surface area contributed by atoms with Crippen LogP contribution in [-0.2, 0) is 14.9 Å². The molecule has 1 amide bonds. The number of nitrogens with zero attached hydrogens (tertiary/aromatic N) is 1. The Balaban J connectivity index is 1.89. The molecule has 146 valence electrons. The number of carbonyl (C=O) groups is 1. The second-order valence-electron chi connectivity index (χ2n) is 5.69. The van der Waals surface area contributed by atoms with E-state index in [2.05, 4.69) is 0 Å². The molecular weight excluding hydrogens is 418 g/mol. The van der Waals surface area contributed by atoms with E-state index < -0.39 is 10.1 Å². The number of likely N-dealkylation sites (N-methyl/N-ethyl adjacent to an activating group) is 1. The standard InChI is InChI=1S/C19H17NO5S3/c1-3-20-18(21)17(27-19(20)26)12-13-9-10-15(16(11-13)24-2)25-28(22,23)14-7-5-4-6-8-14/h4-12H,3H2,1-2H3. The zero-order valence-corrected chi connectivity index (χ0v) is 17.6. The maximum absolute atomic E-state index is 12.4. The molecule has 0 aliphatic carbocycles. The molecule has 0 bridgehead atoms. The molecule has 3 rings (SSSR count). The van der Waals surface area contributed by atoms with E-state index >= 15 is 0 Å². The van der Waals surface area contributed by atoms with Crippen LogP contribution in [0.1, 0.15) is 12.5 Å². The van der Waals surface area contributed by atoms with Gasteiger partial charge in [-0.15, -0.1) is 0 Å². The fourth-order valence-electron chi connectivity index (χ4n) is 2.52. The van der Waals surface area contributed by atoms with E-state index in [1.807, 2.05) is 6.92 Å². The highest BCUT2D eigenvalue weighted by atomic mass is 32.2. The maximum atomic E-state index is 12.4. The quantitative estimate of drug-likeness (QED) is 0.389. The zero-order valence-electron chi connectivity index (χ0n) is 15.1. The summed E-state index contributed by atoms with van der Waals surface area (Å²) in [4.78, 5) is 14.4. The first kappa shape index (κ1) is 20.4. The van der Waals surface area contributed by atoms with Gasteiger partial charge in [-0.25, -0.2) is 0 Å². The number of hydrogen-bond donors (Lipinski definition) is 0. The van der Waals surface area contributed by atoms with E-state index in [-0.39, 0.29) is 22.3 Å². The van der Waals surface area contributed by atoms with Crippen molar-refractivity contribution in [2.24, 2.45) is 0 Å². The van der Waals surface area contributed by atoms with Gasteiger partial charge in [0, 0.05) is 6.54 Å². The third-order valence-electron chi connectivity index (χ3n) is 3.91. The first-order valence-electron chi connectivity index (χ1n) is 8.28. The molecule has 2 aromatic rings. The van der Waals surface area contributed by atoms with Crippen LogP contribution in [0.3, 0.4) is 0 Å². The molecule has 0 saturated carbocycles. The lowest BCUT2D eigenvalue weighted by atomic mass is 10.2. The van der Waals surface area contributed by atoms with Crippen molar-refractivity contribution in [2.45, 2.75) is 11.8 Å². The van der Waals surface area contributed by atoms with Gasteiger partial charge in [-0.3, -0.25) is 9.69 Å². The van der Waals surface area contributed by atoms with Crippen LogP contribution in [0, 0.1) is 0 Å². The Hall–Kier alpha value is -2.36. The van der Waals surface area contributed by atoms with Crippen molar-refractivity contribution in [3.05, 3.63) is 59.0 Å². The Kier molecular flexibility index (Phi) is 6.07. The number of thioether (sulfide) groups is 1. The molecule has 0 atom stereocenters. The average Bonchev–Trinajstić information content (AvgIpc) is 2.96. The van der Waals surface area contributed by atoms with E-state index in [1.165, 1.54) is 42.0 Å². The fourth-order valence-corrected chi connectivity index (χ4v) is 4.87. The van der Waals surface area contributed by atoms with Crippen LogP contribution in [0.2, 0.25) is 0 Å². The summed E-state index contributed by atoms with van der Waals surface area (Å²) in [5, 5.41) is 0. The molecule has 0 radical (unpaired) electrons. The second kappa shape index (κ2) is 8.34. The molecule has 6 nitrogen and oxygen atoms in total. The molecule has 0 aromatic heterocycles. The number of benzene rings is 2. The minimum atomic E-state index is -3.99. The van der Waals surface area contributed by atoms with Crippen LogP contribution in [0.5, 0.6) is 11.5 Å². The van der Waals surface area contributed by atoms with Crippen LogP contribution in [0.15, 0.2) is 58.3 Å². The Morgan fingerprint density at radius 3 is 2.46 bits per heavy atom. The van der Waals surface area contributed by atoms with Gasteiger partial charge in [-0.05, 0) is 42.8 Å². The lowest BCUT2D eigenvalue weighted by molar-refractivity contribution is -0.121. The predicted octanol–water partition coefficient (Wildman–Crippen LogP) is 3.68. The number of carbonyl (C=O) groups excluding carboxylic acids is 1. The smallest absolute Gasteiger partial charge is 0.339 e. The minimum absolute atomic E-state index is 0.0457. The molecule has 2 aromatic carbocycles. The normalized spacial score (nSPS) is 15.9. The summed E-state index contributed by atoms with van der Waals surface area (Å²) >= 11 is 6.43. The van der Waals surface area contributed by atoms with Crippen LogP contribution >= 0.6 is 24.0 Å². The topological polar surface area (TPSA) is 72.9 Å². The lowest BCUT2D eigenvalue weighted by Crippen LogP contribution is -2.27. The Morgan fingerprint density at radius 1 is 1.14 bits per heavy atom. The molecule has 1 heterocycles. The highest BCUT2D eigenvalue weighted by Crippen LogP contribution is 2.35. The van der Waals surface area contributed by atoms with Crippen molar-refractivity contribution in [1.82, 2.24) is 4.90 Å². The van der Waals surface area contributed by atoms with Crippen molar-refractivity contribution in [3.8, 4) is 11.5 Å². The second-order valence-corrected chi connectivity index (χ2v) is 8.91. The Morgan fingerprint density at radius 2 is 1.86 bits per heavy atom. The molecule has 1 aliphatic rings. The van der Waals surface area contributed by atoms with Crippen molar-refractivity contribution < 1.29 is 22.1 Å². The summed E-state index contributed by atoms with van der Waals surface area (Å²) in [6.45, 7) is 2.37. The Labute approximate surface area is 173 Å². The summed E-state index contributed by atoms with van der Waals surface area (Å²) in [6, 6.07) is 12.6. The van der Waals surface area contributed by atoms with Gasteiger partial charge in [0.15, 0.2) is 11.5 Å². The van der Waals surface area contributed by atoms with Crippen LogP contribution < -0.4 is 8.92 Å². The molecule has 1 aliphatic heterocycles.